The lowest BCUT2D eigenvalue weighted by Crippen LogP contribution is -2.18. The van der Waals surface area contributed by atoms with E-state index in [4.69, 9.17) is 10.1 Å². The van der Waals surface area contributed by atoms with Crippen molar-refractivity contribution in [1.29, 1.82) is 5.41 Å². The van der Waals surface area contributed by atoms with E-state index in [1.54, 1.807) is 12.4 Å². The summed E-state index contributed by atoms with van der Waals surface area (Å²) in [6.07, 6.45) is 7.81. The van der Waals surface area contributed by atoms with Crippen molar-refractivity contribution in [2.24, 2.45) is 5.92 Å². The molecule has 1 aromatic heterocycles. The predicted molar refractivity (Wildman–Crippen MR) is 116 cm³/mol. The maximum Gasteiger partial charge on any atom is 0.130 e. The molecule has 1 saturated heterocycles. The van der Waals surface area contributed by atoms with E-state index in [0.717, 1.165) is 53.3 Å². The third kappa shape index (κ3) is 4.89. The van der Waals surface area contributed by atoms with Crippen LogP contribution >= 0.6 is 0 Å². The Balaban J connectivity index is 1.76. The van der Waals surface area contributed by atoms with Gasteiger partial charge in [0.05, 0.1) is 6.61 Å². The fourth-order valence-corrected chi connectivity index (χ4v) is 3.38. The molecule has 0 saturated carbocycles. The Hall–Kier alpha value is -2.86. The number of hydrogen-bond donors (Lipinski definition) is 3. The molecule has 1 aromatic carbocycles. The Morgan fingerprint density at radius 1 is 1.39 bits per heavy atom. The van der Waals surface area contributed by atoms with Gasteiger partial charge in [0.1, 0.15) is 5.75 Å². The molecule has 0 bridgehead atoms. The maximum absolute atomic E-state index is 7.88. The van der Waals surface area contributed by atoms with E-state index in [0.29, 0.717) is 12.5 Å². The summed E-state index contributed by atoms with van der Waals surface area (Å²) in [6, 6.07) is 8.02. The first-order valence-corrected chi connectivity index (χ1v) is 9.62. The molecule has 0 amide bonds. The van der Waals surface area contributed by atoms with Crippen LogP contribution in [0, 0.1) is 18.3 Å². The number of likely N-dealkylation sites (tertiary alicyclic amines) is 1. The molecule has 3 rings (SSSR count). The predicted octanol–water partition coefficient (Wildman–Crippen LogP) is 3.86. The van der Waals surface area contributed by atoms with Crippen LogP contribution in [0.25, 0.3) is 5.57 Å². The molecule has 0 radical (unpaired) electrons. The number of anilines is 2. The second kappa shape index (κ2) is 9.37. The summed E-state index contributed by atoms with van der Waals surface area (Å²) in [6.45, 7) is 4.93. The number of rotatable bonds is 8. The van der Waals surface area contributed by atoms with Crippen molar-refractivity contribution in [2.75, 3.05) is 44.4 Å². The second-order valence-corrected chi connectivity index (χ2v) is 7.27. The lowest BCUT2D eigenvalue weighted by molar-refractivity contribution is 0.248. The minimum atomic E-state index is 0.545. The van der Waals surface area contributed by atoms with Gasteiger partial charge in [-0.3, -0.25) is 4.98 Å². The van der Waals surface area contributed by atoms with Crippen molar-refractivity contribution in [2.45, 2.75) is 13.3 Å². The fraction of sp³-hybridized carbons (Fsp3) is 0.364. The van der Waals surface area contributed by atoms with Gasteiger partial charge in [-0.25, -0.2) is 0 Å². The molecular weight excluding hydrogens is 350 g/mol. The molecule has 148 valence electrons. The van der Waals surface area contributed by atoms with E-state index in [-0.39, 0.29) is 0 Å². The zero-order chi connectivity index (χ0) is 19.9. The van der Waals surface area contributed by atoms with Gasteiger partial charge in [0, 0.05) is 66.8 Å². The van der Waals surface area contributed by atoms with Crippen LogP contribution in [0.2, 0.25) is 0 Å². The minimum Gasteiger partial charge on any atom is -0.492 e. The fourth-order valence-electron chi connectivity index (χ4n) is 3.38. The Labute approximate surface area is 167 Å². The molecule has 0 aliphatic carbocycles. The zero-order valence-electron chi connectivity index (χ0n) is 16.8. The van der Waals surface area contributed by atoms with E-state index in [9.17, 15) is 0 Å². The lowest BCUT2D eigenvalue weighted by Gasteiger charge is -2.15. The number of aryl methyl sites for hydroxylation is 1. The molecule has 6 heteroatoms. The highest BCUT2D eigenvalue weighted by atomic mass is 16.5. The van der Waals surface area contributed by atoms with Gasteiger partial charge in [-0.2, -0.15) is 0 Å². The summed E-state index contributed by atoms with van der Waals surface area (Å²) in [7, 11) is 4.04. The van der Waals surface area contributed by atoms with E-state index < -0.39 is 0 Å². The van der Waals surface area contributed by atoms with Gasteiger partial charge in [-0.1, -0.05) is 6.07 Å². The van der Waals surface area contributed by atoms with E-state index in [2.05, 4.69) is 40.6 Å². The average Bonchev–Trinajstić information content (AvgIpc) is 3.14. The number of pyridine rings is 1. The number of benzene rings is 1. The number of allylic oxidation sites excluding steroid dienone is 1. The van der Waals surface area contributed by atoms with Gasteiger partial charge < -0.3 is 25.7 Å². The molecule has 6 nitrogen and oxygen atoms in total. The normalized spacial score (nSPS) is 17.4. The number of hydrogen-bond acceptors (Lipinski definition) is 6. The van der Waals surface area contributed by atoms with Crippen LogP contribution < -0.4 is 15.4 Å². The van der Waals surface area contributed by atoms with E-state index >= 15 is 0 Å². The summed E-state index contributed by atoms with van der Waals surface area (Å²) in [5.74, 6) is 1.31. The molecule has 1 atom stereocenters. The van der Waals surface area contributed by atoms with Gasteiger partial charge >= 0.3 is 0 Å². The Morgan fingerprint density at radius 3 is 2.96 bits per heavy atom. The number of ether oxygens (including phenoxy) is 1. The van der Waals surface area contributed by atoms with Crippen molar-refractivity contribution in [3.8, 4) is 5.75 Å². The minimum absolute atomic E-state index is 0.545. The SMILES string of the molecule is CNc1ccc(C)c(N/C=C(\C=N)c2cnccc2OCC2CCN(C)C2)c1. The van der Waals surface area contributed by atoms with Gasteiger partial charge in [-0.15, -0.1) is 0 Å². The summed E-state index contributed by atoms with van der Waals surface area (Å²) in [4.78, 5) is 6.57. The number of aromatic nitrogens is 1. The molecule has 1 unspecified atom stereocenters. The van der Waals surface area contributed by atoms with Crippen molar-refractivity contribution in [3.05, 3.63) is 54.0 Å². The second-order valence-electron chi connectivity index (χ2n) is 7.27. The molecule has 1 fully saturated rings. The molecule has 3 N–H and O–H groups in total. The van der Waals surface area contributed by atoms with Crippen molar-refractivity contribution >= 4 is 23.2 Å². The van der Waals surface area contributed by atoms with Gasteiger partial charge in [0.25, 0.3) is 0 Å². The summed E-state index contributed by atoms with van der Waals surface area (Å²) in [5, 5.41) is 14.4. The monoisotopic (exact) mass is 379 g/mol. The van der Waals surface area contributed by atoms with Crippen LogP contribution in [0.3, 0.4) is 0 Å². The van der Waals surface area contributed by atoms with Crippen LogP contribution in [0.5, 0.6) is 5.75 Å². The van der Waals surface area contributed by atoms with Crippen LogP contribution in [0.4, 0.5) is 11.4 Å². The molecular formula is C22H29N5O. The lowest BCUT2D eigenvalue weighted by atomic mass is 10.1. The summed E-state index contributed by atoms with van der Waals surface area (Å²) >= 11 is 0. The molecule has 2 aromatic rings. The van der Waals surface area contributed by atoms with Gasteiger partial charge in [0.2, 0.25) is 0 Å². The Kier molecular flexibility index (Phi) is 6.66. The van der Waals surface area contributed by atoms with Crippen molar-refractivity contribution in [3.63, 3.8) is 0 Å². The highest BCUT2D eigenvalue weighted by molar-refractivity contribution is 6.09. The smallest absolute Gasteiger partial charge is 0.130 e. The van der Waals surface area contributed by atoms with Gasteiger partial charge in [-0.05, 0) is 50.7 Å². The summed E-state index contributed by atoms with van der Waals surface area (Å²) < 4.78 is 6.12. The largest absolute Gasteiger partial charge is 0.492 e. The zero-order valence-corrected chi connectivity index (χ0v) is 16.8. The number of nitrogens with one attached hydrogen (secondary N) is 3. The first-order valence-electron chi connectivity index (χ1n) is 9.62. The van der Waals surface area contributed by atoms with Gasteiger partial charge in [0.15, 0.2) is 0 Å². The van der Waals surface area contributed by atoms with Crippen LogP contribution in [-0.2, 0) is 0 Å². The average molecular weight is 380 g/mol. The third-order valence-electron chi connectivity index (χ3n) is 5.12. The number of nitrogens with zero attached hydrogens (tertiary/aromatic N) is 2. The molecule has 28 heavy (non-hydrogen) atoms. The summed E-state index contributed by atoms with van der Waals surface area (Å²) in [5.41, 5.74) is 4.70. The first kappa shape index (κ1) is 19.9. The van der Waals surface area contributed by atoms with Crippen molar-refractivity contribution in [1.82, 2.24) is 9.88 Å². The topological polar surface area (TPSA) is 73.3 Å². The Bertz CT molecular complexity index is 849. The quantitative estimate of drug-likeness (QED) is 0.607. The molecule has 1 aliphatic rings. The standard InChI is InChI=1S/C22H29N5O/c1-16-4-5-19(24-2)10-21(16)26-12-18(11-23)20-13-25-8-6-22(20)28-15-17-7-9-27(3)14-17/h4-6,8,10-13,17,23-24,26H,7,9,14-15H2,1-3H3/b18-12+,23-11?. The molecule has 2 heterocycles. The molecule has 1 aliphatic heterocycles. The van der Waals surface area contributed by atoms with Crippen molar-refractivity contribution < 1.29 is 4.74 Å². The Morgan fingerprint density at radius 2 is 2.25 bits per heavy atom. The molecule has 0 spiro atoms. The highest BCUT2D eigenvalue weighted by Crippen LogP contribution is 2.27. The van der Waals surface area contributed by atoms with Crippen LogP contribution in [0.15, 0.2) is 42.9 Å². The van der Waals surface area contributed by atoms with Crippen LogP contribution in [-0.4, -0.2) is 49.9 Å². The highest BCUT2D eigenvalue weighted by Gasteiger charge is 2.20. The third-order valence-corrected chi connectivity index (χ3v) is 5.12. The van der Waals surface area contributed by atoms with E-state index in [1.165, 1.54) is 6.21 Å². The maximum atomic E-state index is 7.88. The first-order chi connectivity index (χ1) is 13.6. The van der Waals surface area contributed by atoms with E-state index in [1.807, 2.05) is 31.4 Å². The van der Waals surface area contributed by atoms with Crippen LogP contribution in [0.1, 0.15) is 17.5 Å².